The molecule has 2 rings (SSSR count). The first-order valence-electron chi connectivity index (χ1n) is 7.91. The van der Waals surface area contributed by atoms with Crippen LogP contribution in [0.5, 0.6) is 0 Å². The molecule has 0 bridgehead atoms. The van der Waals surface area contributed by atoms with Crippen LogP contribution in [0.15, 0.2) is 0 Å². The molecule has 0 heteroatoms. The van der Waals surface area contributed by atoms with Crippen molar-refractivity contribution in [2.75, 3.05) is 0 Å². The molecule has 2 aliphatic rings. The van der Waals surface area contributed by atoms with E-state index in [0.717, 1.165) is 0 Å². The minimum atomic E-state index is 0.497. The molecule has 0 spiro atoms. The third kappa shape index (κ3) is 5.16. The number of rotatable bonds is 0. The fraction of sp³-hybridized carbons (Fsp3) is 0.889. The summed E-state index contributed by atoms with van der Waals surface area (Å²) in [6.45, 7) is 14.0. The lowest BCUT2D eigenvalue weighted by Gasteiger charge is -2.14. The van der Waals surface area contributed by atoms with Crippen molar-refractivity contribution in [1.29, 1.82) is 0 Å². The molecule has 0 aromatic rings. The molecule has 0 nitrogen and oxygen atoms in total. The molecule has 2 fully saturated rings. The molecule has 0 aliphatic heterocycles. The summed E-state index contributed by atoms with van der Waals surface area (Å²) in [5.41, 5.74) is 0.993. The molecule has 0 aromatic heterocycles. The average Bonchev–Trinajstić information content (AvgIpc) is 2.91. The lowest BCUT2D eigenvalue weighted by Crippen LogP contribution is -2.14. The van der Waals surface area contributed by atoms with Crippen LogP contribution in [0.1, 0.15) is 92.9 Å². The first-order valence-corrected chi connectivity index (χ1v) is 7.91. The standard InChI is InChI=1S/2C9H17/c2*1-9(2,3)8-6-4-5-7-8/h2*4-7H2,1-3H3/q2*+1. The van der Waals surface area contributed by atoms with Crippen molar-refractivity contribution >= 4 is 0 Å². The third-order valence-electron chi connectivity index (χ3n) is 4.54. The van der Waals surface area contributed by atoms with Gasteiger partial charge in [-0.2, -0.15) is 0 Å². The van der Waals surface area contributed by atoms with Gasteiger partial charge in [0.25, 0.3) is 0 Å². The smallest absolute Gasteiger partial charge is 0.0190 e. The minimum Gasteiger partial charge on any atom is -0.0190 e. The molecule has 2 aliphatic carbocycles. The van der Waals surface area contributed by atoms with Crippen molar-refractivity contribution in [3.63, 3.8) is 0 Å². The SMILES string of the molecule is CC(C)(C)[C+]1CCCC1.CC(C)(C)[C+]1CCCC1. The maximum absolute atomic E-state index is 2.33. The topological polar surface area (TPSA) is 0 Å². The van der Waals surface area contributed by atoms with Gasteiger partial charge >= 0.3 is 0 Å². The second kappa shape index (κ2) is 6.26. The van der Waals surface area contributed by atoms with E-state index in [2.05, 4.69) is 41.5 Å². The van der Waals surface area contributed by atoms with Crippen molar-refractivity contribution in [3.8, 4) is 0 Å². The molecular formula is C18H34+2. The van der Waals surface area contributed by atoms with Gasteiger partial charge in [-0.3, -0.25) is 0 Å². The Labute approximate surface area is 116 Å². The van der Waals surface area contributed by atoms with E-state index in [4.69, 9.17) is 0 Å². The normalized spacial score (nSPS) is 21.0. The number of hydrogen-bond acceptors (Lipinski definition) is 0. The van der Waals surface area contributed by atoms with Crippen LogP contribution in [-0.4, -0.2) is 0 Å². The van der Waals surface area contributed by atoms with Crippen LogP contribution in [0, 0.1) is 22.7 Å². The zero-order valence-electron chi connectivity index (χ0n) is 13.7. The van der Waals surface area contributed by atoms with Crippen molar-refractivity contribution in [1.82, 2.24) is 0 Å². The molecule has 2 saturated carbocycles. The molecule has 0 heterocycles. The predicted octanol–water partition coefficient (Wildman–Crippen LogP) is 6.36. The molecule has 0 atom stereocenters. The van der Waals surface area contributed by atoms with Gasteiger partial charge in [0, 0.05) is 0 Å². The Bertz CT molecular complexity index is 187. The van der Waals surface area contributed by atoms with E-state index >= 15 is 0 Å². The van der Waals surface area contributed by atoms with E-state index in [-0.39, 0.29) is 0 Å². The predicted molar refractivity (Wildman–Crippen MR) is 82.3 cm³/mol. The average molecular weight is 250 g/mol. The van der Waals surface area contributed by atoms with E-state index in [1.54, 1.807) is 11.8 Å². The van der Waals surface area contributed by atoms with Crippen LogP contribution < -0.4 is 0 Å². The van der Waals surface area contributed by atoms with E-state index in [0.29, 0.717) is 10.8 Å². The van der Waals surface area contributed by atoms with Crippen LogP contribution in [-0.2, 0) is 0 Å². The summed E-state index contributed by atoms with van der Waals surface area (Å²) in [6, 6.07) is 0. The summed E-state index contributed by atoms with van der Waals surface area (Å²) < 4.78 is 0. The van der Waals surface area contributed by atoms with Crippen LogP contribution in [0.4, 0.5) is 0 Å². The van der Waals surface area contributed by atoms with Gasteiger partial charge in [0.1, 0.15) is 10.8 Å². The molecule has 104 valence electrons. The van der Waals surface area contributed by atoms with Gasteiger partial charge in [-0.1, -0.05) is 0 Å². The van der Waals surface area contributed by atoms with E-state index in [1.165, 1.54) is 51.4 Å². The lowest BCUT2D eigenvalue weighted by atomic mass is 9.80. The lowest BCUT2D eigenvalue weighted by molar-refractivity contribution is 0.412. The largest absolute Gasteiger partial charge is 0.102 e. The van der Waals surface area contributed by atoms with Gasteiger partial charge in [0.2, 0.25) is 0 Å². The molecule has 18 heavy (non-hydrogen) atoms. The van der Waals surface area contributed by atoms with E-state index < -0.39 is 0 Å². The van der Waals surface area contributed by atoms with Gasteiger partial charge in [0.05, 0.1) is 37.5 Å². The summed E-state index contributed by atoms with van der Waals surface area (Å²) in [7, 11) is 0. The Morgan fingerprint density at radius 1 is 0.500 bits per heavy atom. The first kappa shape index (κ1) is 15.8. The molecule has 0 aromatic carbocycles. The minimum absolute atomic E-state index is 0.497. The number of hydrogen-bond donors (Lipinski definition) is 0. The molecule has 0 unspecified atom stereocenters. The maximum Gasteiger partial charge on any atom is 0.102 e. The molecule has 0 amide bonds. The fourth-order valence-corrected chi connectivity index (χ4v) is 3.10. The van der Waals surface area contributed by atoms with E-state index in [9.17, 15) is 0 Å². The Morgan fingerprint density at radius 2 is 0.722 bits per heavy atom. The summed E-state index contributed by atoms with van der Waals surface area (Å²) in [6.07, 6.45) is 11.3. The third-order valence-corrected chi connectivity index (χ3v) is 4.54. The molecule has 0 radical (unpaired) electrons. The van der Waals surface area contributed by atoms with Crippen molar-refractivity contribution < 1.29 is 0 Å². The quantitative estimate of drug-likeness (QED) is 0.439. The monoisotopic (exact) mass is 250 g/mol. The van der Waals surface area contributed by atoms with Crippen LogP contribution in [0.2, 0.25) is 0 Å². The van der Waals surface area contributed by atoms with Crippen molar-refractivity contribution in [2.24, 2.45) is 10.8 Å². The Morgan fingerprint density at radius 3 is 0.833 bits per heavy atom. The highest BCUT2D eigenvalue weighted by molar-refractivity contribution is 5.04. The molecule has 0 N–H and O–H groups in total. The van der Waals surface area contributed by atoms with Crippen LogP contribution >= 0.6 is 0 Å². The van der Waals surface area contributed by atoms with Crippen molar-refractivity contribution in [2.45, 2.75) is 92.9 Å². The summed E-state index contributed by atoms with van der Waals surface area (Å²) in [5.74, 6) is 3.56. The second-order valence-electron chi connectivity index (χ2n) is 8.12. The fourth-order valence-electron chi connectivity index (χ4n) is 3.10. The van der Waals surface area contributed by atoms with Crippen LogP contribution in [0.25, 0.3) is 0 Å². The summed E-state index contributed by atoms with van der Waals surface area (Å²) >= 11 is 0. The zero-order chi connectivity index (χ0) is 13.8. The highest BCUT2D eigenvalue weighted by atomic mass is 14.3. The Hall–Kier alpha value is -0.260. The van der Waals surface area contributed by atoms with E-state index in [1.807, 2.05) is 0 Å². The van der Waals surface area contributed by atoms with Gasteiger partial charge < -0.3 is 0 Å². The maximum atomic E-state index is 2.33. The van der Waals surface area contributed by atoms with Gasteiger partial charge in [-0.15, -0.1) is 0 Å². The van der Waals surface area contributed by atoms with Crippen molar-refractivity contribution in [3.05, 3.63) is 11.8 Å². The van der Waals surface area contributed by atoms with Gasteiger partial charge in [-0.05, 0) is 67.2 Å². The highest BCUT2D eigenvalue weighted by Gasteiger charge is 2.38. The molecular weight excluding hydrogens is 216 g/mol. The second-order valence-corrected chi connectivity index (χ2v) is 8.12. The summed E-state index contributed by atoms with van der Waals surface area (Å²) in [5, 5.41) is 0. The highest BCUT2D eigenvalue weighted by Crippen LogP contribution is 2.41. The van der Waals surface area contributed by atoms with Gasteiger partial charge in [0.15, 0.2) is 0 Å². The Kier molecular flexibility index (Phi) is 5.49. The zero-order valence-corrected chi connectivity index (χ0v) is 13.7. The Balaban J connectivity index is 0.000000180. The van der Waals surface area contributed by atoms with Crippen LogP contribution in [0.3, 0.4) is 0 Å². The van der Waals surface area contributed by atoms with Gasteiger partial charge in [-0.25, -0.2) is 0 Å². The molecule has 0 saturated heterocycles. The first-order chi connectivity index (χ1) is 8.21. The summed E-state index contributed by atoms with van der Waals surface area (Å²) in [4.78, 5) is 0.